The van der Waals surface area contributed by atoms with E-state index >= 15 is 0 Å². The van der Waals surface area contributed by atoms with Gasteiger partial charge in [0.1, 0.15) is 6.07 Å². The lowest BCUT2D eigenvalue weighted by atomic mass is 10.1. The molecule has 2 aromatic rings. The lowest BCUT2D eigenvalue weighted by Crippen LogP contribution is -2.13. The fourth-order valence-electron chi connectivity index (χ4n) is 1.62. The van der Waals surface area contributed by atoms with Crippen molar-refractivity contribution in [3.63, 3.8) is 0 Å². The molecule has 2 rings (SSSR count). The minimum atomic E-state index is -0.306. The van der Waals surface area contributed by atoms with Gasteiger partial charge in [0.2, 0.25) is 0 Å². The first-order valence-corrected chi connectivity index (χ1v) is 7.16. The average molecular weight is 395 g/mol. The largest absolute Gasteiger partial charge is 0.399 e. The summed E-state index contributed by atoms with van der Waals surface area (Å²) in [6.07, 6.45) is 0. The number of halogens is 2. The van der Waals surface area contributed by atoms with Crippen LogP contribution < -0.4 is 11.1 Å². The third-order valence-electron chi connectivity index (χ3n) is 2.59. The Hall–Kier alpha value is -1.84. The van der Waals surface area contributed by atoms with Crippen molar-refractivity contribution < 1.29 is 4.79 Å². The lowest BCUT2D eigenvalue weighted by Gasteiger charge is -2.09. The molecule has 0 heterocycles. The molecular formula is C14H9Br2N3O. The zero-order chi connectivity index (χ0) is 14.7. The Labute approximate surface area is 132 Å². The number of hydrogen-bond acceptors (Lipinski definition) is 3. The molecule has 0 saturated carbocycles. The molecule has 100 valence electrons. The summed E-state index contributed by atoms with van der Waals surface area (Å²) in [7, 11) is 0. The fraction of sp³-hybridized carbons (Fsp3) is 0. The predicted octanol–water partition coefficient (Wildman–Crippen LogP) is 3.92. The number of nitrogen functional groups attached to an aromatic ring is 1. The maximum atomic E-state index is 12.2. The van der Waals surface area contributed by atoms with Gasteiger partial charge in [-0.1, -0.05) is 15.9 Å². The van der Waals surface area contributed by atoms with Crippen molar-refractivity contribution >= 4 is 49.1 Å². The highest BCUT2D eigenvalue weighted by molar-refractivity contribution is 9.11. The topological polar surface area (TPSA) is 78.9 Å². The van der Waals surface area contributed by atoms with E-state index in [1.165, 1.54) is 6.07 Å². The molecule has 0 saturated heterocycles. The highest BCUT2D eigenvalue weighted by Gasteiger charge is 2.13. The van der Waals surface area contributed by atoms with Gasteiger partial charge in [-0.2, -0.15) is 5.26 Å². The Bertz CT molecular complexity index is 723. The number of nitrogens with zero attached hydrogens (tertiary/aromatic N) is 1. The molecule has 20 heavy (non-hydrogen) atoms. The highest BCUT2D eigenvalue weighted by atomic mass is 79.9. The number of anilines is 2. The van der Waals surface area contributed by atoms with Crippen molar-refractivity contribution in [1.82, 2.24) is 0 Å². The first-order chi connectivity index (χ1) is 9.51. The molecule has 0 aliphatic carbocycles. The standard InChI is InChI=1S/C14H9Br2N3O/c15-9-1-3-12(16)11(6-9)14(20)19-13-4-2-10(18)5-8(13)7-17/h1-6H,18H2,(H,19,20). The smallest absolute Gasteiger partial charge is 0.256 e. The fourth-order valence-corrected chi connectivity index (χ4v) is 2.41. The summed E-state index contributed by atoms with van der Waals surface area (Å²) >= 11 is 6.64. The van der Waals surface area contributed by atoms with E-state index in [9.17, 15) is 4.79 Å². The van der Waals surface area contributed by atoms with Crippen molar-refractivity contribution in [1.29, 1.82) is 5.26 Å². The van der Waals surface area contributed by atoms with Gasteiger partial charge in [-0.3, -0.25) is 4.79 Å². The summed E-state index contributed by atoms with van der Waals surface area (Å²) in [5.41, 5.74) is 7.31. The third kappa shape index (κ3) is 3.18. The Kier molecular flexibility index (Phi) is 4.42. The van der Waals surface area contributed by atoms with Gasteiger partial charge in [-0.25, -0.2) is 0 Å². The molecule has 0 aromatic heterocycles. The normalized spacial score (nSPS) is 9.85. The van der Waals surface area contributed by atoms with Crippen LogP contribution in [0.2, 0.25) is 0 Å². The summed E-state index contributed by atoms with van der Waals surface area (Å²) in [4.78, 5) is 12.2. The number of amides is 1. The summed E-state index contributed by atoms with van der Waals surface area (Å²) in [6, 6.07) is 12.1. The molecule has 0 spiro atoms. The molecule has 0 aliphatic heterocycles. The Morgan fingerprint density at radius 1 is 1.20 bits per heavy atom. The van der Waals surface area contributed by atoms with E-state index in [1.54, 1.807) is 24.3 Å². The Morgan fingerprint density at radius 2 is 1.95 bits per heavy atom. The first-order valence-electron chi connectivity index (χ1n) is 5.57. The van der Waals surface area contributed by atoms with Gasteiger partial charge in [0.15, 0.2) is 0 Å². The van der Waals surface area contributed by atoms with Gasteiger partial charge in [0.05, 0.1) is 16.8 Å². The van der Waals surface area contributed by atoms with Crippen LogP contribution in [0.5, 0.6) is 0 Å². The number of nitriles is 1. The molecule has 0 unspecified atom stereocenters. The summed E-state index contributed by atoms with van der Waals surface area (Å²) in [6.45, 7) is 0. The van der Waals surface area contributed by atoms with E-state index in [-0.39, 0.29) is 5.91 Å². The Morgan fingerprint density at radius 3 is 2.65 bits per heavy atom. The molecule has 0 bridgehead atoms. The SMILES string of the molecule is N#Cc1cc(N)ccc1NC(=O)c1cc(Br)ccc1Br. The van der Waals surface area contributed by atoms with Gasteiger partial charge in [-0.15, -0.1) is 0 Å². The van der Waals surface area contributed by atoms with Gasteiger partial charge in [-0.05, 0) is 52.3 Å². The van der Waals surface area contributed by atoms with Crippen LogP contribution in [-0.4, -0.2) is 5.91 Å². The maximum absolute atomic E-state index is 12.2. The minimum absolute atomic E-state index is 0.306. The molecule has 0 radical (unpaired) electrons. The Balaban J connectivity index is 2.33. The molecule has 6 heteroatoms. The van der Waals surface area contributed by atoms with Crippen molar-refractivity contribution in [3.05, 3.63) is 56.5 Å². The molecule has 3 N–H and O–H groups in total. The second-order valence-electron chi connectivity index (χ2n) is 4.00. The van der Waals surface area contributed by atoms with E-state index in [0.717, 1.165) is 4.47 Å². The minimum Gasteiger partial charge on any atom is -0.399 e. The van der Waals surface area contributed by atoms with Crippen molar-refractivity contribution in [2.45, 2.75) is 0 Å². The third-order valence-corrected chi connectivity index (χ3v) is 3.77. The lowest BCUT2D eigenvalue weighted by molar-refractivity contribution is 0.102. The van der Waals surface area contributed by atoms with E-state index in [1.807, 2.05) is 12.1 Å². The number of nitrogens with one attached hydrogen (secondary N) is 1. The number of nitrogens with two attached hydrogens (primary N) is 1. The number of rotatable bonds is 2. The van der Waals surface area contributed by atoms with Crippen molar-refractivity contribution in [3.8, 4) is 6.07 Å². The summed E-state index contributed by atoms with van der Waals surface area (Å²) < 4.78 is 1.47. The van der Waals surface area contributed by atoms with Crippen LogP contribution in [-0.2, 0) is 0 Å². The number of hydrogen-bond donors (Lipinski definition) is 2. The van der Waals surface area contributed by atoms with E-state index in [4.69, 9.17) is 11.0 Å². The van der Waals surface area contributed by atoms with E-state index < -0.39 is 0 Å². The van der Waals surface area contributed by atoms with Crippen LogP contribution >= 0.6 is 31.9 Å². The van der Waals surface area contributed by atoms with E-state index in [0.29, 0.717) is 27.0 Å². The molecule has 0 fully saturated rings. The average Bonchev–Trinajstić information content (AvgIpc) is 2.43. The van der Waals surface area contributed by atoms with Crippen LogP contribution in [0.15, 0.2) is 45.3 Å². The monoisotopic (exact) mass is 393 g/mol. The molecule has 0 atom stereocenters. The molecular weight excluding hydrogens is 386 g/mol. The van der Waals surface area contributed by atoms with Crippen molar-refractivity contribution in [2.75, 3.05) is 11.1 Å². The summed E-state index contributed by atoms with van der Waals surface area (Å²) in [5.74, 6) is -0.306. The molecule has 4 nitrogen and oxygen atoms in total. The highest BCUT2D eigenvalue weighted by Crippen LogP contribution is 2.24. The quantitative estimate of drug-likeness (QED) is 0.757. The van der Waals surface area contributed by atoms with Gasteiger partial charge < -0.3 is 11.1 Å². The summed E-state index contributed by atoms with van der Waals surface area (Å²) in [5, 5.41) is 11.8. The second-order valence-corrected chi connectivity index (χ2v) is 5.77. The van der Waals surface area contributed by atoms with E-state index in [2.05, 4.69) is 37.2 Å². The molecule has 1 amide bonds. The van der Waals surface area contributed by atoms with Crippen molar-refractivity contribution in [2.24, 2.45) is 0 Å². The number of carbonyl (C=O) groups is 1. The van der Waals surface area contributed by atoms with Crippen LogP contribution in [0, 0.1) is 11.3 Å². The van der Waals surface area contributed by atoms with Gasteiger partial charge >= 0.3 is 0 Å². The zero-order valence-electron chi connectivity index (χ0n) is 10.2. The number of carbonyl (C=O) groups excluding carboxylic acids is 1. The maximum Gasteiger partial charge on any atom is 0.256 e. The van der Waals surface area contributed by atoms with Crippen LogP contribution in [0.25, 0.3) is 0 Å². The molecule has 0 aliphatic rings. The van der Waals surface area contributed by atoms with Gasteiger partial charge in [0.25, 0.3) is 5.91 Å². The van der Waals surface area contributed by atoms with Crippen LogP contribution in [0.3, 0.4) is 0 Å². The van der Waals surface area contributed by atoms with Crippen LogP contribution in [0.4, 0.5) is 11.4 Å². The predicted molar refractivity (Wildman–Crippen MR) is 85.4 cm³/mol. The number of benzene rings is 2. The zero-order valence-corrected chi connectivity index (χ0v) is 13.3. The first kappa shape index (κ1) is 14.6. The van der Waals surface area contributed by atoms with Gasteiger partial charge in [0, 0.05) is 14.6 Å². The molecule has 2 aromatic carbocycles. The van der Waals surface area contributed by atoms with Crippen LogP contribution in [0.1, 0.15) is 15.9 Å². The second kappa shape index (κ2) is 6.07.